The zero-order valence-corrected chi connectivity index (χ0v) is 30.4. The first-order chi connectivity index (χ1) is 23.3. The Balaban J connectivity index is 1.02. The molecule has 1 fully saturated rings. The minimum Gasteiger partial charge on any atom is -0.465 e. The Hall–Kier alpha value is -3.55. The predicted octanol–water partition coefficient (Wildman–Crippen LogP) is 8.27. The quantitative estimate of drug-likeness (QED) is 0.113. The second kappa shape index (κ2) is 15.6. The molecule has 0 bridgehead atoms. The first-order valence-corrected chi connectivity index (χ1v) is 18.1. The predicted molar refractivity (Wildman–Crippen MR) is 196 cm³/mol. The molecular weight excluding hydrogens is 611 g/mol. The maximum atomic E-state index is 13.2. The number of fused-ring (bicyclic) bond motifs is 3. The van der Waals surface area contributed by atoms with Crippen LogP contribution in [-0.4, -0.2) is 42.5 Å². The lowest BCUT2D eigenvalue weighted by molar-refractivity contribution is -0.144. The number of carbonyl (C=O) groups is 3. The van der Waals surface area contributed by atoms with Crippen molar-refractivity contribution in [1.29, 1.82) is 0 Å². The van der Waals surface area contributed by atoms with E-state index in [1.807, 2.05) is 97.0 Å². The molecule has 0 radical (unpaired) electrons. The monoisotopic (exact) mass is 664 g/mol. The molecule has 0 saturated carbocycles. The normalized spacial score (nSPS) is 17.4. The lowest BCUT2D eigenvalue weighted by Gasteiger charge is -2.32. The summed E-state index contributed by atoms with van der Waals surface area (Å²) in [6, 6.07) is 24.7. The standard InChI is InChI=1S/C42H53BO6/c1-28(2)32(24-26-40(46)47-27-37-35-16-10-8-14-33(35)34-15-9-11-17-36(34)37)39(45)18-12-13-29(3)38(44)25-21-30-19-22-31(23-20-30)43-48-41(4,5)42(6,7)49-43/h8-11,14-17,19-20,22-23,28-29,32,37H,12-13,18,21,24-27H2,1-7H3/t29-,32+/m1/s1. The summed E-state index contributed by atoms with van der Waals surface area (Å²) in [5.74, 6) is -0.0221. The number of ketones is 2. The van der Waals surface area contributed by atoms with Gasteiger partial charge in [0.1, 0.15) is 18.2 Å². The van der Waals surface area contributed by atoms with E-state index in [-0.39, 0.29) is 58.8 Å². The highest BCUT2D eigenvalue weighted by molar-refractivity contribution is 6.62. The summed E-state index contributed by atoms with van der Waals surface area (Å²) in [6.45, 7) is 14.5. The molecule has 1 aliphatic carbocycles. The summed E-state index contributed by atoms with van der Waals surface area (Å²) in [7, 11) is -0.397. The zero-order valence-electron chi connectivity index (χ0n) is 30.4. The van der Waals surface area contributed by atoms with Crippen molar-refractivity contribution >= 4 is 30.1 Å². The number of Topliss-reactive ketones (excluding diaryl/α,β-unsaturated/α-hetero) is 2. The highest BCUT2D eigenvalue weighted by Gasteiger charge is 2.51. The van der Waals surface area contributed by atoms with Crippen LogP contribution in [0.5, 0.6) is 0 Å². The second-order valence-electron chi connectivity index (χ2n) is 15.4. The Bertz CT molecular complexity index is 1560. The Kier molecular flexibility index (Phi) is 11.7. The maximum absolute atomic E-state index is 13.2. The lowest BCUT2D eigenvalue weighted by Crippen LogP contribution is -2.41. The van der Waals surface area contributed by atoms with Gasteiger partial charge in [-0.15, -0.1) is 0 Å². The van der Waals surface area contributed by atoms with Gasteiger partial charge in [-0.3, -0.25) is 14.4 Å². The highest BCUT2D eigenvalue weighted by Crippen LogP contribution is 2.44. The van der Waals surface area contributed by atoms with E-state index in [4.69, 9.17) is 14.0 Å². The molecule has 6 nitrogen and oxygen atoms in total. The summed E-state index contributed by atoms with van der Waals surface area (Å²) < 4.78 is 18.1. The number of benzene rings is 3. The van der Waals surface area contributed by atoms with Crippen molar-refractivity contribution in [3.05, 3.63) is 89.5 Å². The smallest absolute Gasteiger partial charge is 0.465 e. The van der Waals surface area contributed by atoms with Gasteiger partial charge >= 0.3 is 13.1 Å². The van der Waals surface area contributed by atoms with Crippen LogP contribution in [0.15, 0.2) is 72.8 Å². The van der Waals surface area contributed by atoms with Gasteiger partial charge in [-0.25, -0.2) is 0 Å². The number of esters is 1. The Morgan fingerprint density at radius 2 is 1.31 bits per heavy atom. The Labute approximate surface area is 293 Å². The molecule has 7 heteroatoms. The van der Waals surface area contributed by atoms with E-state index >= 15 is 0 Å². The van der Waals surface area contributed by atoms with Crippen LogP contribution in [0.2, 0.25) is 0 Å². The first kappa shape index (κ1) is 36.7. The Morgan fingerprint density at radius 1 is 0.735 bits per heavy atom. The van der Waals surface area contributed by atoms with Gasteiger partial charge in [0, 0.05) is 37.0 Å². The third kappa shape index (κ3) is 8.61. The highest BCUT2D eigenvalue weighted by atomic mass is 16.7. The average Bonchev–Trinajstić information content (AvgIpc) is 3.50. The minimum absolute atomic E-state index is 0.0246. The van der Waals surface area contributed by atoms with Gasteiger partial charge in [0.25, 0.3) is 0 Å². The fourth-order valence-electron chi connectivity index (χ4n) is 7.09. The van der Waals surface area contributed by atoms with Crippen LogP contribution < -0.4 is 5.46 Å². The van der Waals surface area contributed by atoms with Crippen LogP contribution >= 0.6 is 0 Å². The van der Waals surface area contributed by atoms with Gasteiger partial charge in [0.2, 0.25) is 0 Å². The number of carbonyl (C=O) groups excluding carboxylic acids is 3. The minimum atomic E-state index is -0.397. The van der Waals surface area contributed by atoms with Crippen LogP contribution in [0.4, 0.5) is 0 Å². The van der Waals surface area contributed by atoms with E-state index in [1.54, 1.807) is 0 Å². The van der Waals surface area contributed by atoms with Gasteiger partial charge in [0.15, 0.2) is 0 Å². The maximum Gasteiger partial charge on any atom is 0.494 e. The third-order valence-electron chi connectivity index (χ3n) is 11.0. The summed E-state index contributed by atoms with van der Waals surface area (Å²) in [4.78, 5) is 39.0. The van der Waals surface area contributed by atoms with Gasteiger partial charge in [-0.05, 0) is 92.6 Å². The molecule has 260 valence electrons. The molecule has 2 atom stereocenters. The van der Waals surface area contributed by atoms with Crippen molar-refractivity contribution in [3.8, 4) is 11.1 Å². The summed E-state index contributed by atoms with van der Waals surface area (Å²) in [6.07, 6.45) is 3.62. The number of ether oxygens (including phenoxy) is 1. The van der Waals surface area contributed by atoms with Crippen molar-refractivity contribution in [2.75, 3.05) is 6.61 Å². The topological polar surface area (TPSA) is 78.9 Å². The molecule has 49 heavy (non-hydrogen) atoms. The van der Waals surface area contributed by atoms with E-state index in [0.29, 0.717) is 45.1 Å². The SMILES string of the molecule is CC(C)[C@H](CCC(=O)OCC1c2ccccc2-c2ccccc21)C(=O)CCC[C@@H](C)C(=O)CCc1ccc(B2OC(C)(C)C(C)(C)O2)cc1. The van der Waals surface area contributed by atoms with Crippen molar-refractivity contribution in [2.45, 2.75) is 111 Å². The van der Waals surface area contributed by atoms with Gasteiger partial charge in [-0.2, -0.15) is 0 Å². The van der Waals surface area contributed by atoms with Crippen molar-refractivity contribution < 1.29 is 28.4 Å². The van der Waals surface area contributed by atoms with E-state index in [0.717, 1.165) is 11.0 Å². The molecular formula is C42H53BO6. The average molecular weight is 665 g/mol. The first-order valence-electron chi connectivity index (χ1n) is 18.1. The van der Waals surface area contributed by atoms with Gasteiger partial charge < -0.3 is 14.0 Å². The molecule has 3 aromatic rings. The fourth-order valence-corrected chi connectivity index (χ4v) is 7.09. The zero-order chi connectivity index (χ0) is 35.3. The largest absolute Gasteiger partial charge is 0.494 e. The summed E-state index contributed by atoms with van der Waals surface area (Å²) in [5.41, 5.74) is 6.08. The molecule has 1 heterocycles. The van der Waals surface area contributed by atoms with Crippen molar-refractivity contribution in [2.24, 2.45) is 17.8 Å². The van der Waals surface area contributed by atoms with Crippen molar-refractivity contribution in [1.82, 2.24) is 0 Å². The molecule has 1 saturated heterocycles. The Morgan fingerprint density at radius 3 is 1.88 bits per heavy atom. The van der Waals surface area contributed by atoms with Gasteiger partial charge in [-0.1, -0.05) is 93.6 Å². The molecule has 0 unspecified atom stereocenters. The van der Waals surface area contributed by atoms with E-state index in [1.165, 1.54) is 22.3 Å². The number of hydrogen-bond donors (Lipinski definition) is 0. The van der Waals surface area contributed by atoms with E-state index < -0.39 is 7.12 Å². The molecule has 2 aliphatic rings. The van der Waals surface area contributed by atoms with Crippen molar-refractivity contribution in [3.63, 3.8) is 0 Å². The third-order valence-corrected chi connectivity index (χ3v) is 11.0. The molecule has 0 amide bonds. The molecule has 1 aliphatic heterocycles. The van der Waals surface area contributed by atoms with Crippen LogP contribution in [0.25, 0.3) is 11.1 Å². The number of aryl methyl sites for hydroxylation is 1. The van der Waals surface area contributed by atoms with E-state index in [9.17, 15) is 14.4 Å². The van der Waals surface area contributed by atoms with Gasteiger partial charge in [0.05, 0.1) is 11.2 Å². The summed E-state index contributed by atoms with van der Waals surface area (Å²) >= 11 is 0. The van der Waals surface area contributed by atoms with Crippen LogP contribution in [0, 0.1) is 17.8 Å². The molecule has 0 N–H and O–H groups in total. The molecule has 0 aromatic heterocycles. The number of hydrogen-bond acceptors (Lipinski definition) is 6. The second-order valence-corrected chi connectivity index (χ2v) is 15.4. The lowest BCUT2D eigenvalue weighted by atomic mass is 9.78. The van der Waals surface area contributed by atoms with Crippen LogP contribution in [-0.2, 0) is 34.9 Å². The molecule has 0 spiro atoms. The van der Waals surface area contributed by atoms with Crippen LogP contribution in [0.3, 0.4) is 0 Å². The van der Waals surface area contributed by atoms with Crippen LogP contribution in [0.1, 0.15) is 110 Å². The number of rotatable bonds is 16. The van der Waals surface area contributed by atoms with E-state index in [2.05, 4.69) is 24.3 Å². The molecule has 3 aromatic carbocycles. The molecule has 5 rings (SSSR count). The summed E-state index contributed by atoms with van der Waals surface area (Å²) in [5, 5.41) is 0. The fraction of sp³-hybridized carbons (Fsp3) is 0.500.